The molecule has 2 atom stereocenters. The van der Waals surface area contributed by atoms with Crippen molar-refractivity contribution in [1.82, 2.24) is 0 Å². The molecule has 0 aromatic heterocycles. The molecule has 5 nitrogen and oxygen atoms in total. The van der Waals surface area contributed by atoms with E-state index in [-0.39, 0.29) is 23.0 Å². The summed E-state index contributed by atoms with van der Waals surface area (Å²) in [4.78, 5) is 11.1. The fraction of sp³-hybridized carbons (Fsp3) is 0.600. The van der Waals surface area contributed by atoms with Gasteiger partial charge in [-0.15, -0.1) is 0 Å². The summed E-state index contributed by atoms with van der Waals surface area (Å²) in [7, 11) is 1.53. The Balaban J connectivity index is 2.29. The van der Waals surface area contributed by atoms with Crippen molar-refractivity contribution < 1.29 is 14.4 Å². The Kier molecular flexibility index (Phi) is 4.76. The molecule has 2 rings (SSSR count). The highest BCUT2D eigenvalue weighted by Gasteiger charge is 2.53. The van der Waals surface area contributed by atoms with Crippen LogP contribution in [-0.2, 0) is 0 Å². The highest BCUT2D eigenvalue weighted by atomic mass is 79.9. The van der Waals surface area contributed by atoms with Crippen LogP contribution in [0.4, 0.5) is 5.69 Å². The molecular formula is C15H20BrNO4. The van der Waals surface area contributed by atoms with E-state index in [1.807, 2.05) is 0 Å². The number of rotatable bonds is 6. The van der Waals surface area contributed by atoms with Crippen molar-refractivity contribution in [2.75, 3.05) is 7.11 Å². The number of benzene rings is 1. The third-order valence-corrected chi connectivity index (χ3v) is 5.92. The Bertz CT molecular complexity index is 530. The fourth-order valence-corrected chi connectivity index (χ4v) is 4.31. The number of nitrogens with zero attached hydrogens (tertiary/aromatic N) is 1. The van der Waals surface area contributed by atoms with Gasteiger partial charge in [-0.25, -0.2) is 0 Å². The van der Waals surface area contributed by atoms with E-state index in [1.165, 1.54) is 13.2 Å². The number of hydrogen-bond donors (Lipinski definition) is 0. The van der Waals surface area contributed by atoms with Gasteiger partial charge in [-0.05, 0) is 25.3 Å². The molecule has 21 heavy (non-hydrogen) atoms. The summed E-state index contributed by atoms with van der Waals surface area (Å²) < 4.78 is 11.1. The first-order valence-corrected chi connectivity index (χ1v) is 8.03. The largest absolute Gasteiger partial charge is 0.497 e. The van der Waals surface area contributed by atoms with Crippen LogP contribution in [0.1, 0.15) is 33.1 Å². The van der Waals surface area contributed by atoms with Crippen molar-refractivity contribution in [2.45, 2.75) is 44.0 Å². The fourth-order valence-electron chi connectivity index (χ4n) is 3.03. The zero-order valence-corrected chi connectivity index (χ0v) is 14.1. The molecule has 1 aliphatic rings. The Hall–Kier alpha value is -1.30. The van der Waals surface area contributed by atoms with Crippen LogP contribution in [0.2, 0.25) is 0 Å². The van der Waals surface area contributed by atoms with Crippen LogP contribution in [0.25, 0.3) is 0 Å². The average molecular weight is 358 g/mol. The van der Waals surface area contributed by atoms with Gasteiger partial charge in [-0.1, -0.05) is 29.8 Å². The zero-order valence-electron chi connectivity index (χ0n) is 12.5. The lowest BCUT2D eigenvalue weighted by molar-refractivity contribution is -0.386. The lowest BCUT2D eigenvalue weighted by atomic mass is 9.62. The maximum absolute atomic E-state index is 11.1. The van der Waals surface area contributed by atoms with Crippen LogP contribution in [0.15, 0.2) is 18.2 Å². The molecule has 1 aliphatic carbocycles. The molecule has 0 spiro atoms. The molecular weight excluding hydrogens is 338 g/mol. The number of ether oxygens (including phenoxy) is 2. The quantitative estimate of drug-likeness (QED) is 0.432. The van der Waals surface area contributed by atoms with Gasteiger partial charge in [0, 0.05) is 22.4 Å². The average Bonchev–Trinajstić information content (AvgIpc) is 2.47. The molecule has 0 heterocycles. The number of nitro groups is 1. The van der Waals surface area contributed by atoms with Gasteiger partial charge in [-0.2, -0.15) is 0 Å². The summed E-state index contributed by atoms with van der Waals surface area (Å²) in [5.74, 6) is 0.846. The van der Waals surface area contributed by atoms with Gasteiger partial charge in [0.05, 0.1) is 12.0 Å². The maximum Gasteiger partial charge on any atom is 0.311 e. The topological polar surface area (TPSA) is 61.6 Å². The minimum atomic E-state index is -0.418. The minimum Gasteiger partial charge on any atom is -0.497 e. The van der Waals surface area contributed by atoms with Crippen LogP contribution in [0, 0.1) is 15.5 Å². The standard InChI is InChI=1S/C15H20BrNO4/c1-4-15(5-2)13(16)9-14(15)21-12-8-10(20-3)6-7-11(12)17(18)19/h6-8,13-14H,4-5,9H2,1-3H3. The van der Waals surface area contributed by atoms with Gasteiger partial charge in [0.2, 0.25) is 5.75 Å². The lowest BCUT2D eigenvalue weighted by Gasteiger charge is -2.52. The van der Waals surface area contributed by atoms with E-state index in [9.17, 15) is 10.1 Å². The molecule has 1 aromatic carbocycles. The summed E-state index contributed by atoms with van der Waals surface area (Å²) in [5, 5.41) is 11.1. The van der Waals surface area contributed by atoms with Crippen LogP contribution in [-0.4, -0.2) is 23.0 Å². The lowest BCUT2D eigenvalue weighted by Crippen LogP contribution is -2.56. The van der Waals surface area contributed by atoms with E-state index in [2.05, 4.69) is 29.8 Å². The number of nitro benzene ring substituents is 1. The van der Waals surface area contributed by atoms with Crippen LogP contribution >= 0.6 is 15.9 Å². The van der Waals surface area contributed by atoms with Crippen molar-refractivity contribution in [1.29, 1.82) is 0 Å². The Morgan fingerprint density at radius 1 is 1.43 bits per heavy atom. The molecule has 2 unspecified atom stereocenters. The van der Waals surface area contributed by atoms with Crippen molar-refractivity contribution in [3.05, 3.63) is 28.3 Å². The molecule has 0 bridgehead atoms. The predicted octanol–water partition coefficient (Wildman–Crippen LogP) is 4.32. The van der Waals surface area contributed by atoms with Gasteiger partial charge < -0.3 is 9.47 Å². The van der Waals surface area contributed by atoms with Gasteiger partial charge in [0.15, 0.2) is 0 Å². The summed E-state index contributed by atoms with van der Waals surface area (Å²) in [6, 6.07) is 4.60. The van der Waals surface area contributed by atoms with Gasteiger partial charge in [0.25, 0.3) is 0 Å². The number of methoxy groups -OCH3 is 1. The first kappa shape index (κ1) is 16.1. The smallest absolute Gasteiger partial charge is 0.311 e. The summed E-state index contributed by atoms with van der Waals surface area (Å²) >= 11 is 3.69. The minimum absolute atomic E-state index is 0.0114. The first-order valence-electron chi connectivity index (χ1n) is 7.11. The van der Waals surface area contributed by atoms with Crippen molar-refractivity contribution >= 4 is 21.6 Å². The molecule has 1 fully saturated rings. The molecule has 0 radical (unpaired) electrons. The third-order valence-electron chi connectivity index (χ3n) is 4.64. The van der Waals surface area contributed by atoms with E-state index in [0.29, 0.717) is 10.6 Å². The second-order valence-electron chi connectivity index (χ2n) is 5.34. The third kappa shape index (κ3) is 2.73. The van der Waals surface area contributed by atoms with E-state index in [4.69, 9.17) is 9.47 Å². The predicted molar refractivity (Wildman–Crippen MR) is 84.4 cm³/mol. The number of halogens is 1. The second kappa shape index (κ2) is 6.22. The van der Waals surface area contributed by atoms with E-state index >= 15 is 0 Å². The highest BCUT2D eigenvalue weighted by Crippen LogP contribution is 2.53. The summed E-state index contributed by atoms with van der Waals surface area (Å²) in [6.45, 7) is 4.26. The van der Waals surface area contributed by atoms with Crippen molar-refractivity contribution in [3.63, 3.8) is 0 Å². The normalized spacial score (nSPS) is 23.2. The summed E-state index contributed by atoms with van der Waals surface area (Å²) in [5.41, 5.74) is 0.0201. The Labute approximate surface area is 132 Å². The summed E-state index contributed by atoms with van der Waals surface area (Å²) in [6.07, 6.45) is 2.79. The second-order valence-corrected chi connectivity index (χ2v) is 6.45. The molecule has 6 heteroatoms. The monoisotopic (exact) mass is 357 g/mol. The molecule has 0 aliphatic heterocycles. The molecule has 1 saturated carbocycles. The van der Waals surface area contributed by atoms with Gasteiger partial charge >= 0.3 is 5.69 Å². The molecule has 0 N–H and O–H groups in total. The molecule has 116 valence electrons. The zero-order chi connectivity index (χ0) is 15.6. The van der Waals surface area contributed by atoms with E-state index in [0.717, 1.165) is 19.3 Å². The Morgan fingerprint density at radius 2 is 2.10 bits per heavy atom. The Morgan fingerprint density at radius 3 is 2.57 bits per heavy atom. The molecule has 0 amide bonds. The van der Waals surface area contributed by atoms with Crippen LogP contribution in [0.5, 0.6) is 11.5 Å². The number of hydrogen-bond acceptors (Lipinski definition) is 4. The van der Waals surface area contributed by atoms with E-state index in [1.54, 1.807) is 12.1 Å². The molecule has 1 aromatic rings. The van der Waals surface area contributed by atoms with Crippen molar-refractivity contribution in [2.24, 2.45) is 5.41 Å². The molecule has 0 saturated heterocycles. The van der Waals surface area contributed by atoms with Gasteiger partial charge in [0.1, 0.15) is 11.9 Å². The van der Waals surface area contributed by atoms with Crippen LogP contribution < -0.4 is 9.47 Å². The SMILES string of the molecule is CCC1(CC)C(Br)CC1Oc1cc(OC)ccc1[N+](=O)[O-]. The first-order chi connectivity index (χ1) is 9.98. The van der Waals surface area contributed by atoms with Gasteiger partial charge in [-0.3, -0.25) is 10.1 Å². The van der Waals surface area contributed by atoms with E-state index < -0.39 is 4.92 Å². The highest BCUT2D eigenvalue weighted by molar-refractivity contribution is 9.09. The van der Waals surface area contributed by atoms with Crippen LogP contribution in [0.3, 0.4) is 0 Å². The number of alkyl halides is 1. The van der Waals surface area contributed by atoms with Crippen molar-refractivity contribution in [3.8, 4) is 11.5 Å². The maximum atomic E-state index is 11.1.